The second-order valence-electron chi connectivity index (χ2n) is 4.89. The lowest BCUT2D eigenvalue weighted by Crippen LogP contribution is -2.11. The van der Waals surface area contributed by atoms with Crippen molar-refractivity contribution in [2.24, 2.45) is 0 Å². The van der Waals surface area contributed by atoms with Crippen LogP contribution in [-0.4, -0.2) is 13.2 Å². The van der Waals surface area contributed by atoms with Crippen LogP contribution in [0.1, 0.15) is 16.7 Å². The summed E-state index contributed by atoms with van der Waals surface area (Å²) in [7, 11) is 0. The van der Waals surface area contributed by atoms with Crippen LogP contribution in [0.4, 0.5) is 5.69 Å². The zero-order chi connectivity index (χ0) is 13.7. The van der Waals surface area contributed by atoms with Gasteiger partial charge in [-0.15, -0.1) is 0 Å². The molecule has 0 bridgehead atoms. The molecule has 0 aliphatic heterocycles. The largest absolute Gasteiger partial charge is 0.492 e. The van der Waals surface area contributed by atoms with Gasteiger partial charge in [0.25, 0.3) is 0 Å². The molecule has 0 fully saturated rings. The summed E-state index contributed by atoms with van der Waals surface area (Å²) in [5.41, 5.74) is 4.97. The summed E-state index contributed by atoms with van der Waals surface area (Å²) < 4.78 is 5.73. The van der Waals surface area contributed by atoms with Gasteiger partial charge in [-0.3, -0.25) is 0 Å². The Morgan fingerprint density at radius 1 is 0.947 bits per heavy atom. The maximum atomic E-state index is 5.73. The lowest BCUT2D eigenvalue weighted by molar-refractivity contribution is 0.332. The molecule has 2 nitrogen and oxygen atoms in total. The number of aryl methyl sites for hydroxylation is 3. The first-order chi connectivity index (χ1) is 9.15. The van der Waals surface area contributed by atoms with Crippen LogP contribution in [0.3, 0.4) is 0 Å². The number of hydrogen-bond donors (Lipinski definition) is 1. The van der Waals surface area contributed by atoms with Gasteiger partial charge in [-0.05, 0) is 61.7 Å². The van der Waals surface area contributed by atoms with Crippen molar-refractivity contribution >= 4 is 5.69 Å². The molecule has 19 heavy (non-hydrogen) atoms. The topological polar surface area (TPSA) is 21.3 Å². The number of hydrogen-bond acceptors (Lipinski definition) is 2. The van der Waals surface area contributed by atoms with Gasteiger partial charge in [0.15, 0.2) is 0 Å². The standard InChI is InChI=1S/C17H21NO/c1-13-5-4-6-16(11-13)18-9-10-19-17-8-7-14(2)15(3)12-17/h4-8,11-12,18H,9-10H2,1-3H3. The van der Waals surface area contributed by atoms with Crippen molar-refractivity contribution in [2.45, 2.75) is 20.8 Å². The van der Waals surface area contributed by atoms with E-state index in [2.05, 4.69) is 62.5 Å². The van der Waals surface area contributed by atoms with E-state index in [9.17, 15) is 0 Å². The molecule has 2 aromatic rings. The van der Waals surface area contributed by atoms with Crippen LogP contribution in [-0.2, 0) is 0 Å². The summed E-state index contributed by atoms with van der Waals surface area (Å²) in [6.45, 7) is 7.77. The molecule has 2 rings (SSSR count). The van der Waals surface area contributed by atoms with Crippen molar-refractivity contribution in [3.63, 3.8) is 0 Å². The Morgan fingerprint density at radius 3 is 2.53 bits per heavy atom. The van der Waals surface area contributed by atoms with Gasteiger partial charge in [0, 0.05) is 12.2 Å². The molecule has 0 amide bonds. The van der Waals surface area contributed by atoms with Gasteiger partial charge in [0.05, 0.1) is 0 Å². The molecule has 0 aromatic heterocycles. The van der Waals surface area contributed by atoms with Gasteiger partial charge in [-0.25, -0.2) is 0 Å². The van der Waals surface area contributed by atoms with Crippen molar-refractivity contribution in [1.82, 2.24) is 0 Å². The van der Waals surface area contributed by atoms with E-state index in [0.717, 1.165) is 18.0 Å². The summed E-state index contributed by atoms with van der Waals surface area (Å²) >= 11 is 0. The molecule has 0 radical (unpaired) electrons. The van der Waals surface area contributed by atoms with Crippen molar-refractivity contribution in [2.75, 3.05) is 18.5 Å². The lowest BCUT2D eigenvalue weighted by atomic mass is 10.1. The van der Waals surface area contributed by atoms with Crippen LogP contribution in [0.5, 0.6) is 5.75 Å². The molecule has 0 unspecified atom stereocenters. The molecule has 0 spiro atoms. The number of anilines is 1. The Bertz CT molecular complexity index is 549. The van der Waals surface area contributed by atoms with Crippen molar-refractivity contribution in [3.05, 3.63) is 59.2 Å². The number of rotatable bonds is 5. The highest BCUT2D eigenvalue weighted by Gasteiger charge is 1.97. The number of benzene rings is 2. The first-order valence-corrected chi connectivity index (χ1v) is 6.66. The minimum Gasteiger partial charge on any atom is -0.492 e. The molecular formula is C17H21NO. The third-order valence-electron chi connectivity index (χ3n) is 3.20. The highest BCUT2D eigenvalue weighted by Crippen LogP contribution is 2.16. The zero-order valence-corrected chi connectivity index (χ0v) is 11.9. The summed E-state index contributed by atoms with van der Waals surface area (Å²) in [4.78, 5) is 0. The minimum absolute atomic E-state index is 0.663. The molecule has 1 N–H and O–H groups in total. The van der Waals surface area contributed by atoms with Gasteiger partial charge < -0.3 is 10.1 Å². The Morgan fingerprint density at radius 2 is 1.79 bits per heavy atom. The van der Waals surface area contributed by atoms with Crippen LogP contribution in [0.15, 0.2) is 42.5 Å². The summed E-state index contributed by atoms with van der Waals surface area (Å²) in [5, 5.41) is 3.36. The van der Waals surface area contributed by atoms with E-state index in [-0.39, 0.29) is 0 Å². The Kier molecular flexibility index (Phi) is 4.45. The molecule has 0 heterocycles. The fourth-order valence-corrected chi connectivity index (χ4v) is 1.92. The van der Waals surface area contributed by atoms with E-state index in [1.165, 1.54) is 16.7 Å². The van der Waals surface area contributed by atoms with E-state index in [1.54, 1.807) is 0 Å². The van der Waals surface area contributed by atoms with Crippen molar-refractivity contribution in [1.29, 1.82) is 0 Å². The second kappa shape index (κ2) is 6.28. The van der Waals surface area contributed by atoms with Crippen LogP contribution in [0.25, 0.3) is 0 Å². The first-order valence-electron chi connectivity index (χ1n) is 6.66. The normalized spacial score (nSPS) is 10.3. The maximum absolute atomic E-state index is 5.73. The molecule has 0 aliphatic rings. The summed E-state index contributed by atoms with van der Waals surface area (Å²) in [6.07, 6.45) is 0. The molecule has 0 atom stereocenters. The van der Waals surface area contributed by atoms with E-state index >= 15 is 0 Å². The van der Waals surface area contributed by atoms with E-state index in [4.69, 9.17) is 4.74 Å². The Balaban J connectivity index is 1.79. The monoisotopic (exact) mass is 255 g/mol. The predicted octanol–water partition coefficient (Wildman–Crippen LogP) is 4.10. The van der Waals surface area contributed by atoms with Gasteiger partial charge in [0.2, 0.25) is 0 Å². The van der Waals surface area contributed by atoms with Crippen LogP contribution < -0.4 is 10.1 Å². The van der Waals surface area contributed by atoms with Gasteiger partial charge >= 0.3 is 0 Å². The third-order valence-corrected chi connectivity index (χ3v) is 3.20. The third kappa shape index (κ3) is 4.02. The van der Waals surface area contributed by atoms with E-state index < -0.39 is 0 Å². The SMILES string of the molecule is Cc1cccc(NCCOc2ccc(C)c(C)c2)c1. The molecule has 0 saturated carbocycles. The predicted molar refractivity (Wildman–Crippen MR) is 81.1 cm³/mol. The Labute approximate surface area is 115 Å². The van der Waals surface area contributed by atoms with Crippen molar-refractivity contribution in [3.8, 4) is 5.75 Å². The second-order valence-corrected chi connectivity index (χ2v) is 4.89. The quantitative estimate of drug-likeness (QED) is 0.812. The fraction of sp³-hybridized carbons (Fsp3) is 0.294. The van der Waals surface area contributed by atoms with Crippen LogP contribution in [0, 0.1) is 20.8 Å². The van der Waals surface area contributed by atoms with Gasteiger partial charge in [0.1, 0.15) is 12.4 Å². The Hall–Kier alpha value is -1.96. The lowest BCUT2D eigenvalue weighted by Gasteiger charge is -2.10. The molecule has 0 aliphatic carbocycles. The smallest absolute Gasteiger partial charge is 0.119 e. The first kappa shape index (κ1) is 13.5. The number of ether oxygens (including phenoxy) is 1. The fourth-order valence-electron chi connectivity index (χ4n) is 1.92. The average Bonchev–Trinajstić information content (AvgIpc) is 2.39. The van der Waals surface area contributed by atoms with Gasteiger partial charge in [-0.1, -0.05) is 18.2 Å². The van der Waals surface area contributed by atoms with Gasteiger partial charge in [-0.2, -0.15) is 0 Å². The van der Waals surface area contributed by atoms with Crippen molar-refractivity contribution < 1.29 is 4.74 Å². The molecule has 100 valence electrons. The zero-order valence-electron chi connectivity index (χ0n) is 11.9. The number of nitrogens with one attached hydrogen (secondary N) is 1. The average molecular weight is 255 g/mol. The molecule has 2 aromatic carbocycles. The van der Waals surface area contributed by atoms with E-state index in [0.29, 0.717) is 6.61 Å². The van der Waals surface area contributed by atoms with Crippen LogP contribution in [0.2, 0.25) is 0 Å². The maximum Gasteiger partial charge on any atom is 0.119 e. The summed E-state index contributed by atoms with van der Waals surface area (Å²) in [5.74, 6) is 0.939. The van der Waals surface area contributed by atoms with Crippen LogP contribution >= 0.6 is 0 Å². The molecule has 0 saturated heterocycles. The summed E-state index contributed by atoms with van der Waals surface area (Å²) in [6, 6.07) is 14.6. The minimum atomic E-state index is 0.663. The van der Waals surface area contributed by atoms with E-state index in [1.807, 2.05) is 6.07 Å². The highest BCUT2D eigenvalue weighted by atomic mass is 16.5. The highest BCUT2D eigenvalue weighted by molar-refractivity contribution is 5.45. The molecule has 2 heteroatoms. The molecular weight excluding hydrogens is 234 g/mol.